The van der Waals surface area contributed by atoms with E-state index in [4.69, 9.17) is 5.11 Å². The molecule has 0 amide bonds. The number of hydrogen-bond donors (Lipinski definition) is 1. The van der Waals surface area contributed by atoms with Crippen LogP contribution in [0.15, 0.2) is 6.20 Å². The van der Waals surface area contributed by atoms with Crippen LogP contribution in [0.2, 0.25) is 0 Å². The molecule has 1 aromatic rings. The van der Waals surface area contributed by atoms with Gasteiger partial charge in [0.2, 0.25) is 0 Å². The summed E-state index contributed by atoms with van der Waals surface area (Å²) in [5, 5.41) is 10.2. The monoisotopic (exact) mass is 211 g/mol. The van der Waals surface area contributed by atoms with Gasteiger partial charge in [0, 0.05) is 12.1 Å². The predicted molar refractivity (Wildman–Crippen MR) is 58.4 cm³/mol. The van der Waals surface area contributed by atoms with Gasteiger partial charge in [-0.05, 0) is 18.8 Å². The zero-order valence-electron chi connectivity index (χ0n) is 8.57. The minimum atomic E-state index is 0.140. The molecule has 78 valence electrons. The fraction of sp³-hybridized carbons (Fsp3) is 0.727. The first-order valence-electron chi connectivity index (χ1n) is 5.35. The molecular formula is C11H17NOS. The van der Waals surface area contributed by atoms with Crippen LogP contribution in [0, 0.1) is 5.92 Å². The van der Waals surface area contributed by atoms with Gasteiger partial charge >= 0.3 is 0 Å². The standard InChI is InChI=1S/C11H17NOS/c1-8-2-4-9(5-3-8)11-12-6-10(7-13)14-11/h6,8-9,13H,2-5,7H2,1H3. The van der Waals surface area contributed by atoms with Crippen LogP contribution in [-0.4, -0.2) is 10.1 Å². The van der Waals surface area contributed by atoms with Gasteiger partial charge in [-0.1, -0.05) is 19.8 Å². The molecule has 0 atom stereocenters. The first-order chi connectivity index (χ1) is 6.79. The molecule has 0 saturated heterocycles. The number of aromatic nitrogens is 1. The molecule has 0 aromatic carbocycles. The van der Waals surface area contributed by atoms with Crippen LogP contribution in [0.1, 0.15) is 48.4 Å². The van der Waals surface area contributed by atoms with Crippen molar-refractivity contribution in [2.75, 3.05) is 0 Å². The van der Waals surface area contributed by atoms with Crippen molar-refractivity contribution in [2.45, 2.75) is 45.1 Å². The third-order valence-electron chi connectivity index (χ3n) is 3.09. The lowest BCUT2D eigenvalue weighted by atomic mass is 9.83. The van der Waals surface area contributed by atoms with E-state index in [0.29, 0.717) is 5.92 Å². The lowest BCUT2D eigenvalue weighted by molar-refractivity contribution is 0.285. The van der Waals surface area contributed by atoms with Crippen molar-refractivity contribution in [3.63, 3.8) is 0 Å². The van der Waals surface area contributed by atoms with Crippen molar-refractivity contribution >= 4 is 11.3 Å². The van der Waals surface area contributed by atoms with Gasteiger partial charge in [0.05, 0.1) is 16.5 Å². The highest BCUT2D eigenvalue weighted by atomic mass is 32.1. The fourth-order valence-corrected chi connectivity index (χ4v) is 3.04. The lowest BCUT2D eigenvalue weighted by Crippen LogP contribution is -2.10. The molecule has 0 spiro atoms. The molecule has 1 aliphatic carbocycles. The third kappa shape index (κ3) is 2.15. The van der Waals surface area contributed by atoms with E-state index < -0.39 is 0 Å². The lowest BCUT2D eigenvalue weighted by Gasteiger charge is -2.24. The highest BCUT2D eigenvalue weighted by molar-refractivity contribution is 7.11. The Kier molecular flexibility index (Phi) is 3.19. The second kappa shape index (κ2) is 4.41. The molecule has 0 unspecified atom stereocenters. The molecule has 0 radical (unpaired) electrons. The normalized spacial score (nSPS) is 27.9. The maximum atomic E-state index is 8.96. The van der Waals surface area contributed by atoms with E-state index in [1.165, 1.54) is 30.7 Å². The Balaban J connectivity index is 2.01. The molecular weight excluding hydrogens is 194 g/mol. The van der Waals surface area contributed by atoms with Crippen LogP contribution in [-0.2, 0) is 6.61 Å². The summed E-state index contributed by atoms with van der Waals surface area (Å²) in [6, 6.07) is 0. The van der Waals surface area contributed by atoms with Gasteiger partial charge in [-0.25, -0.2) is 4.98 Å². The molecule has 2 nitrogen and oxygen atoms in total. The van der Waals surface area contributed by atoms with Gasteiger partial charge in [0.15, 0.2) is 0 Å². The molecule has 1 N–H and O–H groups in total. The summed E-state index contributed by atoms with van der Waals surface area (Å²) >= 11 is 1.68. The minimum absolute atomic E-state index is 0.140. The molecule has 1 fully saturated rings. The average molecular weight is 211 g/mol. The van der Waals surface area contributed by atoms with Gasteiger partial charge in [-0.3, -0.25) is 0 Å². The van der Waals surface area contributed by atoms with Gasteiger partial charge < -0.3 is 5.11 Å². The number of hydrogen-bond acceptors (Lipinski definition) is 3. The predicted octanol–water partition coefficient (Wildman–Crippen LogP) is 2.93. The number of thiazole rings is 1. The number of aliphatic hydroxyl groups excluding tert-OH is 1. The SMILES string of the molecule is CC1CCC(c2ncc(CO)s2)CC1. The van der Waals surface area contributed by atoms with Gasteiger partial charge in [-0.15, -0.1) is 11.3 Å². The van der Waals surface area contributed by atoms with Crippen molar-refractivity contribution in [3.8, 4) is 0 Å². The maximum absolute atomic E-state index is 8.96. The highest BCUT2D eigenvalue weighted by Gasteiger charge is 2.21. The molecule has 0 bridgehead atoms. The second-order valence-electron chi connectivity index (χ2n) is 4.28. The van der Waals surface area contributed by atoms with Crippen molar-refractivity contribution in [3.05, 3.63) is 16.1 Å². The van der Waals surface area contributed by atoms with Crippen LogP contribution < -0.4 is 0 Å². The topological polar surface area (TPSA) is 33.1 Å². The molecule has 1 aliphatic rings. The van der Waals surface area contributed by atoms with Crippen LogP contribution in [0.3, 0.4) is 0 Å². The number of rotatable bonds is 2. The van der Waals surface area contributed by atoms with E-state index in [1.807, 2.05) is 6.20 Å². The number of nitrogens with zero attached hydrogens (tertiary/aromatic N) is 1. The Morgan fingerprint density at radius 2 is 2.14 bits per heavy atom. The summed E-state index contributed by atoms with van der Waals surface area (Å²) in [6.07, 6.45) is 7.04. The van der Waals surface area contributed by atoms with Crippen molar-refractivity contribution < 1.29 is 5.11 Å². The molecule has 1 heterocycles. The van der Waals surface area contributed by atoms with E-state index in [2.05, 4.69) is 11.9 Å². The van der Waals surface area contributed by atoms with Crippen molar-refractivity contribution in [1.82, 2.24) is 4.98 Å². The molecule has 14 heavy (non-hydrogen) atoms. The summed E-state index contributed by atoms with van der Waals surface area (Å²) in [4.78, 5) is 5.39. The van der Waals surface area contributed by atoms with E-state index >= 15 is 0 Å². The summed E-state index contributed by atoms with van der Waals surface area (Å²) < 4.78 is 0. The largest absolute Gasteiger partial charge is 0.391 e. The van der Waals surface area contributed by atoms with Crippen LogP contribution in [0.4, 0.5) is 0 Å². The Morgan fingerprint density at radius 1 is 1.43 bits per heavy atom. The summed E-state index contributed by atoms with van der Waals surface area (Å²) in [7, 11) is 0. The number of aliphatic hydroxyl groups is 1. The zero-order chi connectivity index (χ0) is 9.97. The van der Waals surface area contributed by atoms with Gasteiger partial charge in [0.1, 0.15) is 0 Å². The van der Waals surface area contributed by atoms with Gasteiger partial charge in [0.25, 0.3) is 0 Å². The summed E-state index contributed by atoms with van der Waals surface area (Å²) in [6.45, 7) is 2.47. The molecule has 0 aliphatic heterocycles. The average Bonchev–Trinajstić information content (AvgIpc) is 2.67. The van der Waals surface area contributed by atoms with E-state index in [9.17, 15) is 0 Å². The van der Waals surface area contributed by atoms with E-state index in [0.717, 1.165) is 10.8 Å². The molecule has 3 heteroatoms. The minimum Gasteiger partial charge on any atom is -0.391 e. The fourth-order valence-electron chi connectivity index (χ4n) is 2.09. The molecule has 1 saturated carbocycles. The third-order valence-corrected chi connectivity index (χ3v) is 4.24. The van der Waals surface area contributed by atoms with E-state index in [-0.39, 0.29) is 6.61 Å². The van der Waals surface area contributed by atoms with Crippen LogP contribution >= 0.6 is 11.3 Å². The zero-order valence-corrected chi connectivity index (χ0v) is 9.39. The molecule has 1 aromatic heterocycles. The maximum Gasteiger partial charge on any atom is 0.0959 e. The Bertz CT molecular complexity index is 289. The van der Waals surface area contributed by atoms with Crippen LogP contribution in [0.5, 0.6) is 0 Å². The van der Waals surface area contributed by atoms with Crippen molar-refractivity contribution in [2.24, 2.45) is 5.92 Å². The quantitative estimate of drug-likeness (QED) is 0.816. The smallest absolute Gasteiger partial charge is 0.0959 e. The first kappa shape index (κ1) is 10.1. The van der Waals surface area contributed by atoms with E-state index in [1.54, 1.807) is 11.3 Å². The second-order valence-corrected chi connectivity index (χ2v) is 5.43. The summed E-state index contributed by atoms with van der Waals surface area (Å²) in [5.41, 5.74) is 0. The summed E-state index contributed by atoms with van der Waals surface area (Å²) in [5.74, 6) is 1.56. The van der Waals surface area contributed by atoms with Crippen molar-refractivity contribution in [1.29, 1.82) is 0 Å². The van der Waals surface area contributed by atoms with Gasteiger partial charge in [-0.2, -0.15) is 0 Å². The Labute approximate surface area is 89.0 Å². The Hall–Kier alpha value is -0.410. The molecule has 2 rings (SSSR count). The highest BCUT2D eigenvalue weighted by Crippen LogP contribution is 2.36. The Morgan fingerprint density at radius 3 is 2.71 bits per heavy atom. The van der Waals surface area contributed by atoms with Crippen LogP contribution in [0.25, 0.3) is 0 Å². The first-order valence-corrected chi connectivity index (χ1v) is 6.16.